The predicted octanol–water partition coefficient (Wildman–Crippen LogP) is 1.45. The first-order chi connectivity index (χ1) is 14.9. The van der Waals surface area contributed by atoms with E-state index in [1.54, 1.807) is 24.3 Å². The number of benzene rings is 2. The van der Waals surface area contributed by atoms with E-state index in [2.05, 4.69) is 10.4 Å². The Kier molecular flexibility index (Phi) is 7.81. The number of aromatic nitrogens is 2. The van der Waals surface area contributed by atoms with Crippen LogP contribution < -0.4 is 21.5 Å². The second-order valence-electron chi connectivity index (χ2n) is 5.85. The Hall–Kier alpha value is -4.25. The van der Waals surface area contributed by atoms with Crippen molar-refractivity contribution in [1.82, 2.24) is 9.78 Å². The molecule has 6 N–H and O–H groups in total. The van der Waals surface area contributed by atoms with E-state index in [0.717, 1.165) is 7.11 Å². The van der Waals surface area contributed by atoms with Gasteiger partial charge in [0.05, 0.1) is 17.6 Å². The Balaban J connectivity index is 0.00000166. The van der Waals surface area contributed by atoms with Crippen molar-refractivity contribution in [1.29, 1.82) is 0 Å². The lowest BCUT2D eigenvalue weighted by Crippen LogP contribution is -2.22. The Morgan fingerprint density at radius 1 is 1.19 bits per heavy atom. The summed E-state index contributed by atoms with van der Waals surface area (Å²) in [5, 5.41) is 13.3. The molecule has 31 heavy (non-hydrogen) atoms. The molecule has 1 heterocycles. The number of hydrogen-bond acceptors (Lipinski definition) is 6. The first-order valence-electron chi connectivity index (χ1n) is 8.76. The number of carbonyl (C=O) groups is 3. The van der Waals surface area contributed by atoms with Gasteiger partial charge in [-0.05, 0) is 35.9 Å². The Bertz CT molecular complexity index is 1080. The van der Waals surface area contributed by atoms with Gasteiger partial charge >= 0.3 is 6.03 Å². The third kappa shape index (κ3) is 5.64. The number of amides is 3. The number of nitrogens with one attached hydrogen (secondary N) is 1. The fourth-order valence-electron chi connectivity index (χ4n) is 2.68. The van der Waals surface area contributed by atoms with Crippen LogP contribution in [0.15, 0.2) is 48.7 Å². The molecule has 0 spiro atoms. The summed E-state index contributed by atoms with van der Waals surface area (Å²) in [6.45, 7) is -0.157. The molecule has 162 valence electrons. The summed E-state index contributed by atoms with van der Waals surface area (Å²) in [5.41, 5.74) is 11.9. The van der Waals surface area contributed by atoms with E-state index in [0.29, 0.717) is 28.8 Å². The molecular formula is C20H20FN5O5. The van der Waals surface area contributed by atoms with Gasteiger partial charge in [0, 0.05) is 12.7 Å². The number of carbonyl (C=O) groups excluding carboxylic acids is 3. The average Bonchev–Trinajstić information content (AvgIpc) is 3.18. The largest absolute Gasteiger partial charge is 0.485 e. The van der Waals surface area contributed by atoms with Gasteiger partial charge in [-0.25, -0.2) is 13.9 Å². The molecule has 0 bridgehead atoms. The van der Waals surface area contributed by atoms with Crippen molar-refractivity contribution in [2.24, 2.45) is 11.5 Å². The number of halogens is 1. The molecule has 0 aliphatic heterocycles. The number of nitrogens with zero attached hydrogens (tertiary/aromatic N) is 2. The third-order valence-corrected chi connectivity index (χ3v) is 3.90. The SMILES string of the molecule is CO.NC(=O)Nc1cn(-c2ccc(-c3cc(F)ccc3OCC=O)cc2)nc1C(N)=O. The molecule has 3 rings (SSSR count). The summed E-state index contributed by atoms with van der Waals surface area (Å²) >= 11 is 0. The first-order valence-corrected chi connectivity index (χ1v) is 8.76. The molecule has 0 aliphatic carbocycles. The Morgan fingerprint density at radius 2 is 1.87 bits per heavy atom. The molecule has 0 saturated carbocycles. The molecule has 0 radical (unpaired) electrons. The summed E-state index contributed by atoms with van der Waals surface area (Å²) in [5.74, 6) is -0.932. The van der Waals surface area contributed by atoms with Crippen LogP contribution in [0.5, 0.6) is 5.75 Å². The maximum atomic E-state index is 13.7. The van der Waals surface area contributed by atoms with Crippen LogP contribution in [-0.4, -0.2) is 46.8 Å². The van der Waals surface area contributed by atoms with Crippen LogP contribution >= 0.6 is 0 Å². The third-order valence-electron chi connectivity index (χ3n) is 3.90. The van der Waals surface area contributed by atoms with Crippen LogP contribution in [0.25, 0.3) is 16.8 Å². The lowest BCUT2D eigenvalue weighted by atomic mass is 10.0. The van der Waals surface area contributed by atoms with E-state index in [9.17, 15) is 18.8 Å². The van der Waals surface area contributed by atoms with Crippen molar-refractivity contribution in [3.63, 3.8) is 0 Å². The van der Waals surface area contributed by atoms with Crippen LogP contribution in [0.3, 0.4) is 0 Å². The molecule has 0 saturated heterocycles. The van der Waals surface area contributed by atoms with Crippen molar-refractivity contribution in [2.75, 3.05) is 19.0 Å². The van der Waals surface area contributed by atoms with Gasteiger partial charge in [0.2, 0.25) is 0 Å². The van der Waals surface area contributed by atoms with E-state index in [-0.39, 0.29) is 18.0 Å². The number of anilines is 1. The summed E-state index contributed by atoms with van der Waals surface area (Å²) in [7, 11) is 1.00. The fraction of sp³-hybridized carbons (Fsp3) is 0.100. The van der Waals surface area contributed by atoms with Gasteiger partial charge in [-0.1, -0.05) is 12.1 Å². The summed E-state index contributed by atoms with van der Waals surface area (Å²) in [6.07, 6.45) is 1.99. The number of nitrogens with two attached hydrogens (primary N) is 2. The zero-order valence-electron chi connectivity index (χ0n) is 16.4. The standard InChI is InChI=1S/C19H16FN5O4.CH4O/c20-12-3-6-16(29-8-7-26)14(9-12)11-1-4-13(5-2-11)25-10-15(23-19(22)28)17(24-25)18(21)27;1-2/h1-7,9-10H,8H2,(H2,21,27)(H3,22,23,28);2H,1H3. The number of rotatable bonds is 7. The molecule has 0 unspecified atom stereocenters. The molecule has 3 amide bonds. The Labute approximate surface area is 176 Å². The van der Waals surface area contributed by atoms with E-state index in [1.165, 1.54) is 29.1 Å². The van der Waals surface area contributed by atoms with Crippen LogP contribution in [0.1, 0.15) is 10.5 Å². The summed E-state index contributed by atoms with van der Waals surface area (Å²) < 4.78 is 20.4. The minimum atomic E-state index is -0.864. The van der Waals surface area contributed by atoms with Gasteiger partial charge in [-0.3, -0.25) is 9.59 Å². The lowest BCUT2D eigenvalue weighted by molar-refractivity contribution is -0.109. The second-order valence-corrected chi connectivity index (χ2v) is 5.85. The highest BCUT2D eigenvalue weighted by molar-refractivity contribution is 6.00. The molecule has 0 aliphatic rings. The predicted molar refractivity (Wildman–Crippen MR) is 110 cm³/mol. The van der Waals surface area contributed by atoms with Crippen molar-refractivity contribution in [3.8, 4) is 22.6 Å². The molecule has 10 nitrogen and oxygen atoms in total. The van der Waals surface area contributed by atoms with Crippen LogP contribution in [-0.2, 0) is 4.79 Å². The molecule has 3 aromatic rings. The zero-order chi connectivity index (χ0) is 23.0. The van der Waals surface area contributed by atoms with Gasteiger partial charge in [-0.2, -0.15) is 5.10 Å². The molecule has 11 heteroatoms. The lowest BCUT2D eigenvalue weighted by Gasteiger charge is -2.11. The maximum absolute atomic E-state index is 13.7. The van der Waals surface area contributed by atoms with Gasteiger partial charge in [-0.15, -0.1) is 0 Å². The van der Waals surface area contributed by atoms with E-state index in [4.69, 9.17) is 21.3 Å². The summed E-state index contributed by atoms with van der Waals surface area (Å²) in [4.78, 5) is 33.2. The van der Waals surface area contributed by atoms with Crippen molar-refractivity contribution in [3.05, 3.63) is 60.2 Å². The fourth-order valence-corrected chi connectivity index (χ4v) is 2.68. The number of urea groups is 1. The van der Waals surface area contributed by atoms with Crippen LogP contribution in [0.2, 0.25) is 0 Å². The average molecular weight is 429 g/mol. The molecular weight excluding hydrogens is 409 g/mol. The van der Waals surface area contributed by atoms with Gasteiger partial charge in [0.15, 0.2) is 12.0 Å². The van der Waals surface area contributed by atoms with E-state index >= 15 is 0 Å². The van der Waals surface area contributed by atoms with Crippen LogP contribution in [0, 0.1) is 5.82 Å². The first kappa shape index (κ1) is 23.0. The van der Waals surface area contributed by atoms with Gasteiger partial charge in [0.25, 0.3) is 5.91 Å². The number of aldehydes is 1. The normalized spacial score (nSPS) is 9.90. The zero-order valence-corrected chi connectivity index (χ0v) is 16.4. The van der Waals surface area contributed by atoms with Crippen molar-refractivity contribution < 1.29 is 28.6 Å². The van der Waals surface area contributed by atoms with E-state index in [1.807, 2.05) is 0 Å². The minimum Gasteiger partial charge on any atom is -0.485 e. The molecule has 0 atom stereocenters. The number of ether oxygens (including phenoxy) is 1. The van der Waals surface area contributed by atoms with Crippen molar-refractivity contribution in [2.45, 2.75) is 0 Å². The smallest absolute Gasteiger partial charge is 0.316 e. The van der Waals surface area contributed by atoms with Gasteiger partial charge < -0.3 is 26.6 Å². The monoisotopic (exact) mass is 429 g/mol. The summed E-state index contributed by atoms with van der Waals surface area (Å²) in [6, 6.07) is 9.80. The Morgan fingerprint density at radius 3 is 2.45 bits per heavy atom. The number of primary amides is 2. The highest BCUT2D eigenvalue weighted by Crippen LogP contribution is 2.31. The molecule has 0 fully saturated rings. The highest BCUT2D eigenvalue weighted by Gasteiger charge is 2.16. The molecule has 1 aromatic heterocycles. The highest BCUT2D eigenvalue weighted by atomic mass is 19.1. The second kappa shape index (κ2) is 10.5. The number of hydrogen-bond donors (Lipinski definition) is 4. The van der Waals surface area contributed by atoms with Crippen molar-refractivity contribution >= 4 is 23.9 Å². The van der Waals surface area contributed by atoms with Gasteiger partial charge in [0.1, 0.15) is 18.2 Å². The van der Waals surface area contributed by atoms with Crippen LogP contribution in [0.4, 0.5) is 14.9 Å². The topological polar surface area (TPSA) is 163 Å². The minimum absolute atomic E-state index is 0.0729. The quantitative estimate of drug-likeness (QED) is 0.415. The maximum Gasteiger partial charge on any atom is 0.316 e. The number of aliphatic hydroxyl groups excluding tert-OH is 1. The van der Waals surface area contributed by atoms with E-state index < -0.39 is 17.8 Å². The number of aliphatic hydroxyl groups is 1. The molecule has 2 aromatic carbocycles.